The van der Waals surface area contributed by atoms with E-state index in [-0.39, 0.29) is 0 Å². The summed E-state index contributed by atoms with van der Waals surface area (Å²) >= 11 is 1.97. The quantitative estimate of drug-likeness (QED) is 0.183. The summed E-state index contributed by atoms with van der Waals surface area (Å²) in [5.41, 5.74) is 10.9. The number of aromatic nitrogens is 2. The molecule has 2 aromatic heterocycles. The number of hydrogen-bond donors (Lipinski definition) is 1. The van der Waals surface area contributed by atoms with E-state index in [0.717, 1.165) is 6.42 Å². The second kappa shape index (κ2) is 12.0. The Balaban J connectivity index is 0.943. The molecule has 2 aliphatic rings. The van der Waals surface area contributed by atoms with Gasteiger partial charge in [-0.15, -0.1) is 0 Å². The standard InChI is InChI=1S/C51H35N3S/c1-2-10-34(11-3-1)51-52-50-48(55-51)29-23-33-18-19-36-30-38(26-27-39(36)49(33)50)54-46-17-9-6-14-42(46)43-31-35(22-28-47(43)54)32-20-24-37(25-21-32)53-44-15-7-4-12-40(44)41-13-5-8-16-45(41)53/h1-10,12-31,34,51-52H,11H2. The molecule has 0 bridgehead atoms. The van der Waals surface area contributed by atoms with Crippen molar-refractivity contribution in [3.63, 3.8) is 0 Å². The molecule has 10 aromatic rings. The van der Waals surface area contributed by atoms with Gasteiger partial charge in [-0.25, -0.2) is 0 Å². The lowest BCUT2D eigenvalue weighted by Gasteiger charge is -2.20. The van der Waals surface area contributed by atoms with Crippen LogP contribution in [0.25, 0.3) is 87.7 Å². The van der Waals surface area contributed by atoms with Crippen LogP contribution >= 0.6 is 11.8 Å². The van der Waals surface area contributed by atoms with Crippen LogP contribution in [0.4, 0.5) is 5.69 Å². The van der Waals surface area contributed by atoms with Crippen LogP contribution in [0.1, 0.15) is 6.42 Å². The molecule has 0 saturated carbocycles. The third-order valence-corrected chi connectivity index (χ3v) is 13.2. The number of allylic oxidation sites excluding steroid dienone is 3. The van der Waals surface area contributed by atoms with Crippen LogP contribution in [0, 0.1) is 5.92 Å². The number of thioether (sulfide) groups is 1. The predicted molar refractivity (Wildman–Crippen MR) is 235 cm³/mol. The summed E-state index contributed by atoms with van der Waals surface area (Å²) in [6, 6.07) is 58.4. The Morgan fingerprint density at radius 2 is 1.11 bits per heavy atom. The minimum atomic E-state index is 0.344. The van der Waals surface area contributed by atoms with Crippen LogP contribution in [0.15, 0.2) is 187 Å². The molecule has 1 aliphatic carbocycles. The van der Waals surface area contributed by atoms with E-state index in [0.29, 0.717) is 11.3 Å². The third-order valence-electron chi connectivity index (χ3n) is 11.9. The van der Waals surface area contributed by atoms with E-state index >= 15 is 0 Å². The number of para-hydroxylation sites is 3. The van der Waals surface area contributed by atoms with Crippen molar-refractivity contribution in [2.75, 3.05) is 5.32 Å². The van der Waals surface area contributed by atoms with Gasteiger partial charge in [0.05, 0.1) is 33.1 Å². The molecule has 4 heteroatoms. The maximum absolute atomic E-state index is 3.94. The first-order valence-corrected chi connectivity index (χ1v) is 20.0. The average Bonchev–Trinajstić information content (AvgIpc) is 3.94. The lowest BCUT2D eigenvalue weighted by Crippen LogP contribution is -2.21. The van der Waals surface area contributed by atoms with Gasteiger partial charge in [-0.05, 0) is 94.4 Å². The van der Waals surface area contributed by atoms with Gasteiger partial charge in [-0.3, -0.25) is 0 Å². The first-order chi connectivity index (χ1) is 27.3. The van der Waals surface area contributed by atoms with Gasteiger partial charge in [0.25, 0.3) is 0 Å². The van der Waals surface area contributed by atoms with Crippen molar-refractivity contribution in [3.8, 4) is 22.5 Å². The van der Waals surface area contributed by atoms with Crippen molar-refractivity contribution in [3.05, 3.63) is 182 Å². The Morgan fingerprint density at radius 1 is 0.491 bits per heavy atom. The molecule has 55 heavy (non-hydrogen) atoms. The van der Waals surface area contributed by atoms with Gasteiger partial charge in [0.2, 0.25) is 0 Å². The molecule has 1 aliphatic heterocycles. The highest BCUT2D eigenvalue weighted by molar-refractivity contribution is 8.00. The summed E-state index contributed by atoms with van der Waals surface area (Å²) in [4.78, 5) is 1.34. The van der Waals surface area contributed by atoms with E-state index < -0.39 is 0 Å². The molecule has 2 atom stereocenters. The molecule has 3 heterocycles. The summed E-state index contributed by atoms with van der Waals surface area (Å²) in [7, 11) is 0. The fraction of sp³-hybridized carbons (Fsp3) is 0.0588. The predicted octanol–water partition coefficient (Wildman–Crippen LogP) is 13.8. The average molecular weight is 722 g/mol. The number of hydrogen-bond acceptors (Lipinski definition) is 2. The fourth-order valence-electron chi connectivity index (χ4n) is 9.27. The highest BCUT2D eigenvalue weighted by Crippen LogP contribution is 2.48. The zero-order valence-electron chi connectivity index (χ0n) is 30.0. The Kier molecular flexibility index (Phi) is 6.75. The van der Waals surface area contributed by atoms with Crippen molar-refractivity contribution in [2.45, 2.75) is 16.7 Å². The minimum Gasteiger partial charge on any atom is -0.371 e. The van der Waals surface area contributed by atoms with Crippen LogP contribution in [0.3, 0.4) is 0 Å². The molecule has 1 N–H and O–H groups in total. The lowest BCUT2D eigenvalue weighted by molar-refractivity contribution is 0.662. The van der Waals surface area contributed by atoms with Crippen molar-refractivity contribution < 1.29 is 0 Å². The number of nitrogens with zero attached hydrogens (tertiary/aromatic N) is 2. The molecule has 260 valence electrons. The smallest absolute Gasteiger partial charge is 0.0836 e. The van der Waals surface area contributed by atoms with E-state index in [1.807, 2.05) is 11.8 Å². The number of benzene rings is 8. The SMILES string of the molecule is C1=CCC(C2Nc3c(ccc4ccc5cc(-n6c7ccccc7c7cc(-c8ccc(-n9c%10ccccc%10c%10ccccc%109)cc8)ccc76)ccc5c34)S2)C=C1. The Hall–Kier alpha value is -6.49. The molecule has 8 aromatic carbocycles. The van der Waals surface area contributed by atoms with Gasteiger partial charge < -0.3 is 14.5 Å². The zero-order chi connectivity index (χ0) is 36.0. The van der Waals surface area contributed by atoms with E-state index in [1.54, 1.807) is 0 Å². The van der Waals surface area contributed by atoms with Crippen molar-refractivity contribution in [1.29, 1.82) is 0 Å². The second-order valence-corrected chi connectivity index (χ2v) is 16.1. The first kappa shape index (κ1) is 30.9. The van der Waals surface area contributed by atoms with E-state index in [4.69, 9.17) is 0 Å². The van der Waals surface area contributed by atoms with Crippen molar-refractivity contribution in [1.82, 2.24) is 9.13 Å². The summed E-state index contributed by atoms with van der Waals surface area (Å²) in [5.74, 6) is 0.487. The topological polar surface area (TPSA) is 21.9 Å². The fourth-order valence-corrected chi connectivity index (χ4v) is 10.5. The third kappa shape index (κ3) is 4.71. The van der Waals surface area contributed by atoms with Crippen LogP contribution in [0.5, 0.6) is 0 Å². The molecule has 2 unspecified atom stereocenters. The second-order valence-electron chi connectivity index (χ2n) is 14.9. The Morgan fingerprint density at radius 3 is 1.84 bits per heavy atom. The summed E-state index contributed by atoms with van der Waals surface area (Å²) in [5, 5.41) is 14.5. The number of nitrogens with one attached hydrogen (secondary N) is 1. The molecule has 0 spiro atoms. The van der Waals surface area contributed by atoms with Crippen LogP contribution in [-0.4, -0.2) is 14.5 Å². The van der Waals surface area contributed by atoms with Crippen LogP contribution in [0.2, 0.25) is 0 Å². The van der Waals surface area contributed by atoms with Gasteiger partial charge in [0, 0.05) is 49.1 Å². The monoisotopic (exact) mass is 721 g/mol. The highest BCUT2D eigenvalue weighted by atomic mass is 32.2. The Bertz CT molecular complexity index is 3200. The largest absolute Gasteiger partial charge is 0.371 e. The molecule has 0 radical (unpaired) electrons. The summed E-state index contributed by atoms with van der Waals surface area (Å²) in [6.45, 7) is 0. The minimum absolute atomic E-state index is 0.344. The van der Waals surface area contributed by atoms with Crippen LogP contribution in [-0.2, 0) is 0 Å². The molecule has 3 nitrogen and oxygen atoms in total. The highest BCUT2D eigenvalue weighted by Gasteiger charge is 2.29. The Labute approximate surface area is 322 Å². The van der Waals surface area contributed by atoms with Crippen LogP contribution < -0.4 is 5.32 Å². The number of rotatable bonds is 4. The van der Waals surface area contributed by atoms with Crippen molar-refractivity contribution >= 4 is 82.6 Å². The molecule has 0 saturated heterocycles. The van der Waals surface area contributed by atoms with Gasteiger partial charge in [0.1, 0.15) is 0 Å². The molecule has 0 fully saturated rings. The maximum Gasteiger partial charge on any atom is 0.0836 e. The summed E-state index contributed by atoms with van der Waals surface area (Å²) in [6.07, 6.45) is 10.1. The number of anilines is 1. The maximum atomic E-state index is 3.94. The summed E-state index contributed by atoms with van der Waals surface area (Å²) < 4.78 is 4.82. The van der Waals surface area contributed by atoms with Gasteiger partial charge in [-0.2, -0.15) is 0 Å². The molecular formula is C51H35N3S. The zero-order valence-corrected chi connectivity index (χ0v) is 30.8. The van der Waals surface area contributed by atoms with E-state index in [9.17, 15) is 0 Å². The van der Waals surface area contributed by atoms with Gasteiger partial charge >= 0.3 is 0 Å². The van der Waals surface area contributed by atoms with Crippen molar-refractivity contribution in [2.24, 2.45) is 5.92 Å². The first-order valence-electron chi connectivity index (χ1n) is 19.2. The number of fused-ring (bicyclic) bond motifs is 11. The van der Waals surface area contributed by atoms with Gasteiger partial charge in [0.15, 0.2) is 0 Å². The van der Waals surface area contributed by atoms with E-state index in [2.05, 4.69) is 196 Å². The van der Waals surface area contributed by atoms with Gasteiger partial charge in [-0.1, -0.05) is 133 Å². The lowest BCUT2D eigenvalue weighted by atomic mass is 9.98. The molecule has 12 rings (SSSR count). The van der Waals surface area contributed by atoms with E-state index in [1.165, 1.54) is 98.2 Å². The molecule has 0 amide bonds. The normalized spacial score (nSPS) is 16.6. The molecular weight excluding hydrogens is 687 g/mol.